The van der Waals surface area contributed by atoms with Gasteiger partial charge in [0.15, 0.2) is 0 Å². The number of carbonyl (C=O) groups excluding carboxylic acids is 2. The number of esters is 1. The number of phenolic OH excluding ortho intramolecular Hbond substituents is 1. The molecule has 1 aliphatic rings. The van der Waals surface area contributed by atoms with Gasteiger partial charge in [-0.15, -0.1) is 0 Å². The summed E-state index contributed by atoms with van der Waals surface area (Å²) in [5.74, 6) is -0.374. The minimum absolute atomic E-state index is 0.119. The number of urea groups is 1. The van der Waals surface area contributed by atoms with Gasteiger partial charge < -0.3 is 20.1 Å². The van der Waals surface area contributed by atoms with Gasteiger partial charge in [-0.1, -0.05) is 12.1 Å². The molecule has 0 saturated heterocycles. The largest absolute Gasteiger partial charge is 0.508 e. The molecule has 1 aromatic rings. The fourth-order valence-corrected chi connectivity index (χ4v) is 2.13. The molecule has 0 radical (unpaired) electrons. The van der Waals surface area contributed by atoms with Crippen LogP contribution in [-0.2, 0) is 9.53 Å². The first-order chi connectivity index (χ1) is 9.45. The highest BCUT2D eigenvalue weighted by molar-refractivity contribution is 5.94. The fraction of sp³-hybridized carbons (Fsp3) is 0.286. The Morgan fingerprint density at radius 3 is 2.50 bits per heavy atom. The van der Waals surface area contributed by atoms with E-state index in [9.17, 15) is 14.7 Å². The Kier molecular flexibility index (Phi) is 3.65. The van der Waals surface area contributed by atoms with Crippen LogP contribution in [0.15, 0.2) is 35.5 Å². The molecule has 0 aromatic heterocycles. The lowest BCUT2D eigenvalue weighted by Crippen LogP contribution is -2.46. The van der Waals surface area contributed by atoms with E-state index in [0.717, 1.165) is 0 Å². The minimum atomic E-state index is -0.591. The van der Waals surface area contributed by atoms with Crippen LogP contribution < -0.4 is 5.32 Å². The molecule has 0 bridgehead atoms. The van der Waals surface area contributed by atoms with E-state index in [1.54, 1.807) is 26.1 Å². The molecule has 106 valence electrons. The molecule has 2 N–H and O–H groups in total. The van der Waals surface area contributed by atoms with Crippen molar-refractivity contribution in [2.45, 2.75) is 13.0 Å². The third kappa shape index (κ3) is 2.32. The molecule has 0 saturated carbocycles. The number of nitrogens with zero attached hydrogens (tertiary/aromatic N) is 1. The number of phenols is 1. The number of rotatable bonds is 2. The van der Waals surface area contributed by atoms with Crippen LogP contribution in [0.25, 0.3) is 0 Å². The quantitative estimate of drug-likeness (QED) is 0.803. The van der Waals surface area contributed by atoms with Crippen LogP contribution in [0.2, 0.25) is 0 Å². The first kappa shape index (κ1) is 13.9. The molecule has 6 nitrogen and oxygen atoms in total. The van der Waals surface area contributed by atoms with Crippen molar-refractivity contribution in [2.75, 3.05) is 14.2 Å². The molecular formula is C14H16N2O4. The topological polar surface area (TPSA) is 78.9 Å². The molecule has 0 fully saturated rings. The summed E-state index contributed by atoms with van der Waals surface area (Å²) in [6.07, 6.45) is 0. The van der Waals surface area contributed by atoms with Crippen molar-refractivity contribution in [3.05, 3.63) is 41.1 Å². The minimum Gasteiger partial charge on any atom is -0.508 e. The van der Waals surface area contributed by atoms with Crippen molar-refractivity contribution in [2.24, 2.45) is 0 Å². The fourth-order valence-electron chi connectivity index (χ4n) is 2.13. The Labute approximate surface area is 116 Å². The first-order valence-electron chi connectivity index (χ1n) is 6.08. The Hall–Kier alpha value is -2.50. The average Bonchev–Trinajstić information content (AvgIpc) is 2.44. The summed E-state index contributed by atoms with van der Waals surface area (Å²) in [7, 11) is 2.88. The molecule has 1 atom stereocenters. The Balaban J connectivity index is 2.51. The zero-order chi connectivity index (χ0) is 14.9. The van der Waals surface area contributed by atoms with Gasteiger partial charge in [0.1, 0.15) is 5.75 Å². The second kappa shape index (κ2) is 5.24. The highest BCUT2D eigenvalue weighted by atomic mass is 16.5. The predicted molar refractivity (Wildman–Crippen MR) is 71.9 cm³/mol. The van der Waals surface area contributed by atoms with Crippen molar-refractivity contribution < 1.29 is 19.4 Å². The normalized spacial score (nSPS) is 18.9. The molecule has 0 spiro atoms. The lowest BCUT2D eigenvalue weighted by Gasteiger charge is -2.33. The van der Waals surface area contributed by atoms with Gasteiger partial charge in [0.05, 0.1) is 18.7 Å². The van der Waals surface area contributed by atoms with Crippen LogP contribution in [0.3, 0.4) is 0 Å². The van der Waals surface area contributed by atoms with Gasteiger partial charge in [0.25, 0.3) is 0 Å². The SMILES string of the molecule is COC(=O)C1=C(C)N(C)C(=O)N[C@@H]1c1ccc(O)cc1. The van der Waals surface area contributed by atoms with Gasteiger partial charge in [-0.2, -0.15) is 0 Å². The maximum atomic E-state index is 12.0. The Morgan fingerprint density at radius 1 is 1.35 bits per heavy atom. The summed E-state index contributed by atoms with van der Waals surface area (Å²) in [5, 5.41) is 12.1. The van der Waals surface area contributed by atoms with Gasteiger partial charge in [-0.05, 0) is 24.6 Å². The number of amides is 2. The van der Waals surface area contributed by atoms with Gasteiger partial charge >= 0.3 is 12.0 Å². The second-order valence-corrected chi connectivity index (χ2v) is 4.52. The molecule has 1 aliphatic heterocycles. The highest BCUT2D eigenvalue weighted by Crippen LogP contribution is 2.31. The highest BCUT2D eigenvalue weighted by Gasteiger charge is 2.34. The average molecular weight is 276 g/mol. The van der Waals surface area contributed by atoms with Gasteiger partial charge in [0.2, 0.25) is 0 Å². The number of ether oxygens (including phenoxy) is 1. The van der Waals surface area contributed by atoms with Gasteiger partial charge in [-0.3, -0.25) is 0 Å². The smallest absolute Gasteiger partial charge is 0.337 e. The predicted octanol–water partition coefficient (Wildman–Crippen LogP) is 1.54. The van der Waals surface area contributed by atoms with Crippen LogP contribution in [-0.4, -0.2) is 36.2 Å². The second-order valence-electron chi connectivity index (χ2n) is 4.52. The number of allylic oxidation sites excluding steroid dienone is 1. The zero-order valence-electron chi connectivity index (χ0n) is 11.5. The van der Waals surface area contributed by atoms with E-state index in [1.165, 1.54) is 24.1 Å². The summed E-state index contributed by atoms with van der Waals surface area (Å²) in [6, 6.07) is 5.43. The van der Waals surface area contributed by atoms with Crippen LogP contribution in [0.4, 0.5) is 4.79 Å². The van der Waals surface area contributed by atoms with E-state index in [-0.39, 0.29) is 11.8 Å². The maximum absolute atomic E-state index is 12.0. The standard InChI is InChI=1S/C14H16N2O4/c1-8-11(13(18)20-3)12(15-14(19)16(8)2)9-4-6-10(17)7-5-9/h4-7,12,17H,1-3H3,(H,15,19)/t12-/m1/s1. The van der Waals surface area contributed by atoms with Crippen molar-refractivity contribution in [3.8, 4) is 5.75 Å². The third-order valence-corrected chi connectivity index (χ3v) is 3.39. The van der Waals surface area contributed by atoms with E-state index in [2.05, 4.69) is 5.32 Å². The Bertz CT molecular complexity index is 577. The molecular weight excluding hydrogens is 260 g/mol. The molecule has 1 heterocycles. The molecule has 0 unspecified atom stereocenters. The lowest BCUT2D eigenvalue weighted by atomic mass is 9.95. The van der Waals surface area contributed by atoms with Crippen molar-refractivity contribution in [3.63, 3.8) is 0 Å². The number of hydrogen-bond donors (Lipinski definition) is 2. The molecule has 2 rings (SSSR count). The van der Waals surface area contributed by atoms with E-state index in [0.29, 0.717) is 16.8 Å². The van der Waals surface area contributed by atoms with Gasteiger partial charge in [-0.25, -0.2) is 9.59 Å². The van der Waals surface area contributed by atoms with Crippen LogP contribution in [0.1, 0.15) is 18.5 Å². The number of hydrogen-bond acceptors (Lipinski definition) is 4. The molecule has 1 aromatic carbocycles. The van der Waals surface area contributed by atoms with Gasteiger partial charge in [0, 0.05) is 12.7 Å². The summed E-state index contributed by atoms with van der Waals surface area (Å²) in [5.41, 5.74) is 1.61. The van der Waals surface area contributed by atoms with Crippen LogP contribution >= 0.6 is 0 Å². The van der Waals surface area contributed by atoms with E-state index in [4.69, 9.17) is 4.74 Å². The molecule has 6 heteroatoms. The summed E-state index contributed by atoms with van der Waals surface area (Å²) < 4.78 is 4.79. The molecule has 0 aliphatic carbocycles. The number of aromatic hydroxyl groups is 1. The van der Waals surface area contributed by atoms with Crippen molar-refractivity contribution >= 4 is 12.0 Å². The first-order valence-corrected chi connectivity index (χ1v) is 6.08. The molecule has 2 amide bonds. The zero-order valence-corrected chi connectivity index (χ0v) is 11.5. The van der Waals surface area contributed by atoms with Crippen LogP contribution in [0, 0.1) is 0 Å². The summed E-state index contributed by atoms with van der Waals surface area (Å²) in [6.45, 7) is 1.69. The number of benzene rings is 1. The summed E-state index contributed by atoms with van der Waals surface area (Å²) >= 11 is 0. The van der Waals surface area contributed by atoms with Crippen LogP contribution in [0.5, 0.6) is 5.75 Å². The van der Waals surface area contributed by atoms with E-state index in [1.807, 2.05) is 0 Å². The number of methoxy groups -OCH3 is 1. The van der Waals surface area contributed by atoms with E-state index < -0.39 is 12.0 Å². The van der Waals surface area contributed by atoms with Crippen molar-refractivity contribution in [1.29, 1.82) is 0 Å². The Morgan fingerprint density at radius 2 is 1.95 bits per heavy atom. The lowest BCUT2D eigenvalue weighted by molar-refractivity contribution is -0.136. The van der Waals surface area contributed by atoms with Crippen molar-refractivity contribution in [1.82, 2.24) is 10.2 Å². The van der Waals surface area contributed by atoms with E-state index >= 15 is 0 Å². The number of nitrogens with one attached hydrogen (secondary N) is 1. The monoisotopic (exact) mass is 276 g/mol. The molecule has 20 heavy (non-hydrogen) atoms. The summed E-state index contributed by atoms with van der Waals surface area (Å²) in [4.78, 5) is 25.2. The number of carbonyl (C=O) groups is 2. The maximum Gasteiger partial charge on any atom is 0.337 e. The third-order valence-electron chi connectivity index (χ3n) is 3.39.